The van der Waals surface area contributed by atoms with Gasteiger partial charge < -0.3 is 14.6 Å². The van der Waals surface area contributed by atoms with Crippen LogP contribution in [-0.4, -0.2) is 31.5 Å². The van der Waals surface area contributed by atoms with Gasteiger partial charge in [-0.3, -0.25) is 0 Å². The predicted octanol–water partition coefficient (Wildman–Crippen LogP) is 1.35. The van der Waals surface area contributed by atoms with Gasteiger partial charge in [0.1, 0.15) is 18.5 Å². The number of methoxy groups -OCH3 is 1. The molecule has 0 aromatic heterocycles. The Kier molecular flexibility index (Phi) is 4.45. The van der Waals surface area contributed by atoms with Crippen molar-refractivity contribution in [3.05, 3.63) is 29.8 Å². The van der Waals surface area contributed by atoms with Crippen molar-refractivity contribution in [2.75, 3.05) is 20.3 Å². The number of aliphatic hydroxyl groups is 1. The molecule has 1 aromatic rings. The van der Waals surface area contributed by atoms with Gasteiger partial charge in [0, 0.05) is 13.2 Å². The Morgan fingerprint density at radius 1 is 1.27 bits per heavy atom. The summed E-state index contributed by atoms with van der Waals surface area (Å²) in [6.45, 7) is 0.0998. The van der Waals surface area contributed by atoms with Crippen LogP contribution in [-0.2, 0) is 4.74 Å². The maximum Gasteiger partial charge on any atom is 0.162 e. The number of hydrogen-bond donors (Lipinski definition) is 1. The lowest BCUT2D eigenvalue weighted by molar-refractivity contribution is 0.0324. The van der Waals surface area contributed by atoms with Crippen LogP contribution in [0.15, 0.2) is 18.2 Å². The summed E-state index contributed by atoms with van der Waals surface area (Å²) in [5, 5.41) is 9.22. The summed E-state index contributed by atoms with van der Waals surface area (Å²) in [7, 11) is 1.45. The Balaban J connectivity index is 2.47. The van der Waals surface area contributed by atoms with Crippen molar-refractivity contribution in [1.82, 2.24) is 0 Å². The summed E-state index contributed by atoms with van der Waals surface area (Å²) in [5.41, 5.74) is 0. The van der Waals surface area contributed by atoms with Crippen LogP contribution >= 0.6 is 0 Å². The van der Waals surface area contributed by atoms with Crippen LogP contribution in [0.25, 0.3) is 0 Å². The van der Waals surface area contributed by atoms with E-state index in [-0.39, 0.29) is 19.0 Å². The first-order valence-electron chi connectivity index (χ1n) is 4.38. The first-order chi connectivity index (χ1) is 7.13. The quantitative estimate of drug-likeness (QED) is 0.810. The molecule has 0 heterocycles. The standard InChI is InChI=1S/C10H12F2O3/c1-14-5-7(13)6-15-8-2-3-9(11)10(12)4-8/h2-4,7,13H,5-6H2,1H3/t7-/m0/s1. The van der Waals surface area contributed by atoms with Crippen LogP contribution < -0.4 is 4.74 Å². The van der Waals surface area contributed by atoms with E-state index >= 15 is 0 Å². The van der Waals surface area contributed by atoms with E-state index in [0.717, 1.165) is 12.1 Å². The van der Waals surface area contributed by atoms with Crippen molar-refractivity contribution in [1.29, 1.82) is 0 Å². The summed E-state index contributed by atoms with van der Waals surface area (Å²) in [6, 6.07) is 3.18. The second-order valence-electron chi connectivity index (χ2n) is 3.00. The molecule has 0 spiro atoms. The second kappa shape index (κ2) is 5.63. The first kappa shape index (κ1) is 11.9. The van der Waals surface area contributed by atoms with Gasteiger partial charge in [0.25, 0.3) is 0 Å². The van der Waals surface area contributed by atoms with Crippen molar-refractivity contribution < 1.29 is 23.4 Å². The van der Waals surface area contributed by atoms with Crippen molar-refractivity contribution in [3.63, 3.8) is 0 Å². The van der Waals surface area contributed by atoms with Crippen LogP contribution in [0, 0.1) is 11.6 Å². The largest absolute Gasteiger partial charge is 0.491 e. The maximum absolute atomic E-state index is 12.7. The zero-order valence-electron chi connectivity index (χ0n) is 8.24. The van der Waals surface area contributed by atoms with Crippen molar-refractivity contribution in [3.8, 4) is 5.75 Å². The fourth-order valence-corrected chi connectivity index (χ4v) is 1.000. The third kappa shape index (κ3) is 3.81. The lowest BCUT2D eigenvalue weighted by Crippen LogP contribution is -2.22. The molecule has 0 saturated carbocycles. The molecule has 15 heavy (non-hydrogen) atoms. The molecule has 1 N–H and O–H groups in total. The van der Waals surface area contributed by atoms with Crippen molar-refractivity contribution >= 4 is 0 Å². The molecule has 0 fully saturated rings. The van der Waals surface area contributed by atoms with Gasteiger partial charge in [-0.25, -0.2) is 8.78 Å². The molecule has 84 valence electrons. The number of halogens is 2. The molecule has 0 aliphatic heterocycles. The Hall–Kier alpha value is -1.20. The number of rotatable bonds is 5. The number of benzene rings is 1. The van der Waals surface area contributed by atoms with Gasteiger partial charge in [0.15, 0.2) is 11.6 Å². The Morgan fingerprint density at radius 3 is 2.60 bits per heavy atom. The normalized spacial score (nSPS) is 12.5. The summed E-state index contributed by atoms with van der Waals surface area (Å²) < 4.78 is 34.9. The Bertz CT molecular complexity index is 318. The lowest BCUT2D eigenvalue weighted by Gasteiger charge is -2.11. The minimum Gasteiger partial charge on any atom is -0.491 e. The molecular formula is C10H12F2O3. The van der Waals surface area contributed by atoms with Gasteiger partial charge in [-0.1, -0.05) is 0 Å². The number of hydrogen-bond acceptors (Lipinski definition) is 3. The van der Waals surface area contributed by atoms with Gasteiger partial charge in [0.05, 0.1) is 6.61 Å². The molecular weight excluding hydrogens is 206 g/mol. The number of aliphatic hydroxyl groups excluding tert-OH is 1. The average Bonchev–Trinajstić information content (AvgIpc) is 2.20. The zero-order chi connectivity index (χ0) is 11.3. The summed E-state index contributed by atoms with van der Waals surface area (Å²) >= 11 is 0. The molecule has 0 saturated heterocycles. The average molecular weight is 218 g/mol. The topological polar surface area (TPSA) is 38.7 Å². The van der Waals surface area contributed by atoms with Crippen molar-refractivity contribution in [2.24, 2.45) is 0 Å². The van der Waals surface area contributed by atoms with Gasteiger partial charge in [-0.2, -0.15) is 0 Å². The van der Waals surface area contributed by atoms with Gasteiger partial charge >= 0.3 is 0 Å². The summed E-state index contributed by atoms with van der Waals surface area (Å²) in [6.07, 6.45) is -0.789. The van der Waals surface area contributed by atoms with Crippen LogP contribution in [0.2, 0.25) is 0 Å². The minimum atomic E-state index is -0.978. The van der Waals surface area contributed by atoms with E-state index in [0.29, 0.717) is 0 Å². The van der Waals surface area contributed by atoms with E-state index in [9.17, 15) is 13.9 Å². The molecule has 1 aromatic carbocycles. The zero-order valence-corrected chi connectivity index (χ0v) is 8.24. The highest BCUT2D eigenvalue weighted by Gasteiger charge is 2.06. The van der Waals surface area contributed by atoms with Crippen LogP contribution in [0.5, 0.6) is 5.75 Å². The molecule has 3 nitrogen and oxygen atoms in total. The van der Waals surface area contributed by atoms with Gasteiger partial charge in [0.2, 0.25) is 0 Å². The second-order valence-corrected chi connectivity index (χ2v) is 3.00. The molecule has 1 rings (SSSR count). The Labute approximate surface area is 86.2 Å². The third-order valence-corrected chi connectivity index (χ3v) is 1.69. The van der Waals surface area contributed by atoms with E-state index in [1.54, 1.807) is 0 Å². The third-order valence-electron chi connectivity index (χ3n) is 1.69. The highest BCUT2D eigenvalue weighted by atomic mass is 19.2. The van der Waals surface area contributed by atoms with Gasteiger partial charge in [-0.05, 0) is 12.1 Å². The summed E-state index contributed by atoms with van der Waals surface area (Å²) in [4.78, 5) is 0. The van der Waals surface area contributed by atoms with E-state index in [4.69, 9.17) is 4.74 Å². The molecule has 0 amide bonds. The lowest BCUT2D eigenvalue weighted by atomic mass is 10.3. The maximum atomic E-state index is 12.7. The highest BCUT2D eigenvalue weighted by molar-refractivity contribution is 5.23. The molecule has 5 heteroatoms. The molecule has 0 bridgehead atoms. The van der Waals surface area contributed by atoms with Gasteiger partial charge in [-0.15, -0.1) is 0 Å². The molecule has 0 radical (unpaired) electrons. The SMILES string of the molecule is COC[C@H](O)COc1ccc(F)c(F)c1. The smallest absolute Gasteiger partial charge is 0.162 e. The molecule has 0 aliphatic rings. The van der Waals surface area contributed by atoms with E-state index < -0.39 is 17.7 Å². The van der Waals surface area contributed by atoms with Crippen molar-refractivity contribution in [2.45, 2.75) is 6.10 Å². The predicted molar refractivity (Wildman–Crippen MR) is 49.7 cm³/mol. The fourth-order valence-electron chi connectivity index (χ4n) is 1.000. The summed E-state index contributed by atoms with van der Waals surface area (Å²) in [5.74, 6) is -1.74. The van der Waals surface area contributed by atoms with Crippen LogP contribution in [0.3, 0.4) is 0 Å². The van der Waals surface area contributed by atoms with E-state index in [1.807, 2.05) is 0 Å². The monoisotopic (exact) mass is 218 g/mol. The highest BCUT2D eigenvalue weighted by Crippen LogP contribution is 2.15. The Morgan fingerprint density at radius 2 is 2.00 bits per heavy atom. The molecule has 0 aliphatic carbocycles. The van der Waals surface area contributed by atoms with Crippen LogP contribution in [0.1, 0.15) is 0 Å². The molecule has 1 atom stereocenters. The minimum absolute atomic E-state index is 0.0289. The van der Waals surface area contributed by atoms with E-state index in [1.165, 1.54) is 13.2 Å². The molecule has 0 unspecified atom stereocenters. The fraction of sp³-hybridized carbons (Fsp3) is 0.400. The number of ether oxygens (including phenoxy) is 2. The van der Waals surface area contributed by atoms with Crippen LogP contribution in [0.4, 0.5) is 8.78 Å². The van der Waals surface area contributed by atoms with E-state index in [2.05, 4.69) is 4.74 Å². The first-order valence-corrected chi connectivity index (χ1v) is 4.38.